The zero-order valence-corrected chi connectivity index (χ0v) is 25.1. The summed E-state index contributed by atoms with van der Waals surface area (Å²) in [7, 11) is 0. The average molecular weight is 579 g/mol. The summed E-state index contributed by atoms with van der Waals surface area (Å²) in [6.07, 6.45) is 5.18. The highest BCUT2D eigenvalue weighted by atomic mass is 16.5. The first-order valence-corrected chi connectivity index (χ1v) is 14.2. The number of nitrogens with zero attached hydrogens (tertiary/aromatic N) is 6. The van der Waals surface area contributed by atoms with E-state index in [4.69, 9.17) is 9.47 Å². The summed E-state index contributed by atoms with van der Waals surface area (Å²) in [4.78, 5) is 32.5. The van der Waals surface area contributed by atoms with Crippen LogP contribution >= 0.6 is 0 Å². The fourth-order valence-corrected chi connectivity index (χ4v) is 5.78. The van der Waals surface area contributed by atoms with Gasteiger partial charge in [-0.3, -0.25) is 0 Å². The van der Waals surface area contributed by atoms with Crippen LogP contribution in [0, 0.1) is 20.8 Å². The number of anilines is 2. The van der Waals surface area contributed by atoms with Crippen molar-refractivity contribution in [2.45, 2.75) is 59.8 Å². The van der Waals surface area contributed by atoms with Crippen LogP contribution in [0.2, 0.25) is 0 Å². The van der Waals surface area contributed by atoms with Gasteiger partial charge in [-0.1, -0.05) is 29.8 Å². The van der Waals surface area contributed by atoms with E-state index in [1.807, 2.05) is 34.6 Å². The molecule has 43 heavy (non-hydrogen) atoms. The van der Waals surface area contributed by atoms with Gasteiger partial charge in [-0.15, -0.1) is 0 Å². The standard InChI is InChI=1S/C33H34N6O4/c1-19-8-10-22(11-9-19)26-24-16-20(2)38-14-15-39(31-36-17-23(18-37-31)42-32-34-12-7-13-35-32)27(28(24)38)21(3)25(26)29(30(40)41)43-33(4,5)6/h7-13,16-18,29H,14-15H2,1-6H3,(H,40,41)/t29-/m0/s1. The number of carbonyl (C=O) groups is 1. The molecular weight excluding hydrogens is 544 g/mol. The van der Waals surface area contributed by atoms with E-state index in [9.17, 15) is 9.90 Å². The van der Waals surface area contributed by atoms with Gasteiger partial charge in [0.05, 0.1) is 29.2 Å². The number of carboxylic acids is 1. The van der Waals surface area contributed by atoms with Crippen LogP contribution in [0.15, 0.2) is 61.2 Å². The molecule has 3 aromatic heterocycles. The Morgan fingerprint density at radius 3 is 2.28 bits per heavy atom. The zero-order valence-electron chi connectivity index (χ0n) is 25.1. The summed E-state index contributed by atoms with van der Waals surface area (Å²) in [5, 5.41) is 11.5. The average Bonchev–Trinajstić information content (AvgIpc) is 3.31. The molecule has 0 amide bonds. The molecule has 0 bridgehead atoms. The van der Waals surface area contributed by atoms with Crippen LogP contribution in [-0.2, 0) is 16.1 Å². The molecule has 0 saturated heterocycles. The van der Waals surface area contributed by atoms with E-state index in [2.05, 4.69) is 66.7 Å². The first kappa shape index (κ1) is 28.3. The lowest BCUT2D eigenvalue weighted by molar-refractivity contribution is -0.160. The first-order chi connectivity index (χ1) is 20.5. The fraction of sp³-hybridized carbons (Fsp3) is 0.303. The van der Waals surface area contributed by atoms with Crippen molar-refractivity contribution < 1.29 is 19.4 Å². The SMILES string of the molecule is Cc1ccc(-c2c([C@H](OC(C)(C)C)C(=O)O)c(C)c3c4c2cc(C)n4CCN3c2ncc(Oc3ncccn3)cn2)cc1. The van der Waals surface area contributed by atoms with E-state index in [0.29, 0.717) is 23.8 Å². The lowest BCUT2D eigenvalue weighted by atomic mass is 9.87. The topological polar surface area (TPSA) is 115 Å². The van der Waals surface area contributed by atoms with Crippen LogP contribution in [0.25, 0.3) is 22.0 Å². The minimum absolute atomic E-state index is 0.206. The quantitative estimate of drug-likeness (QED) is 0.225. The lowest BCUT2D eigenvalue weighted by Crippen LogP contribution is -2.32. The summed E-state index contributed by atoms with van der Waals surface area (Å²) in [6.45, 7) is 13.0. The summed E-state index contributed by atoms with van der Waals surface area (Å²) in [6, 6.07) is 12.3. The Kier molecular flexibility index (Phi) is 7.09. The highest BCUT2D eigenvalue weighted by molar-refractivity contribution is 6.08. The van der Waals surface area contributed by atoms with Crippen molar-refractivity contribution >= 4 is 28.5 Å². The number of rotatable bonds is 7. The zero-order chi connectivity index (χ0) is 30.5. The molecule has 2 aromatic carbocycles. The molecule has 0 fully saturated rings. The van der Waals surface area contributed by atoms with Gasteiger partial charge in [0.25, 0.3) is 0 Å². The smallest absolute Gasteiger partial charge is 0.337 e. The molecule has 0 radical (unpaired) electrons. The Morgan fingerprint density at radius 2 is 1.65 bits per heavy atom. The molecule has 1 N–H and O–H groups in total. The number of aliphatic carboxylic acids is 1. The Labute approximate surface area is 250 Å². The molecule has 4 heterocycles. The largest absolute Gasteiger partial charge is 0.479 e. The van der Waals surface area contributed by atoms with Gasteiger partial charge in [-0.25, -0.2) is 24.7 Å². The maximum absolute atomic E-state index is 12.9. The van der Waals surface area contributed by atoms with E-state index < -0.39 is 17.7 Å². The van der Waals surface area contributed by atoms with Crippen molar-refractivity contribution in [3.63, 3.8) is 0 Å². The molecule has 0 unspecified atom stereocenters. The number of hydrogen-bond donors (Lipinski definition) is 1. The predicted octanol–water partition coefficient (Wildman–Crippen LogP) is 6.70. The molecule has 0 spiro atoms. The number of benzene rings is 2. The fourth-order valence-electron chi connectivity index (χ4n) is 5.78. The van der Waals surface area contributed by atoms with E-state index in [1.54, 1.807) is 30.9 Å². The molecule has 1 aliphatic rings. The lowest BCUT2D eigenvalue weighted by Gasteiger charge is -2.34. The normalized spacial score (nSPS) is 13.8. The molecule has 10 nitrogen and oxygen atoms in total. The minimum atomic E-state index is -1.20. The van der Waals surface area contributed by atoms with Crippen molar-refractivity contribution in [2.24, 2.45) is 0 Å². The van der Waals surface area contributed by atoms with Crippen molar-refractivity contribution in [1.82, 2.24) is 24.5 Å². The molecule has 0 aliphatic carbocycles. The Morgan fingerprint density at radius 1 is 0.977 bits per heavy atom. The molecule has 0 saturated carbocycles. The van der Waals surface area contributed by atoms with Crippen LogP contribution in [0.5, 0.6) is 11.8 Å². The van der Waals surface area contributed by atoms with Crippen molar-refractivity contribution in [3.8, 4) is 22.9 Å². The number of aryl methyl sites for hydroxylation is 2. The van der Waals surface area contributed by atoms with Gasteiger partial charge in [0.2, 0.25) is 5.95 Å². The van der Waals surface area contributed by atoms with Crippen LogP contribution in [-0.4, -0.2) is 47.7 Å². The number of ether oxygens (including phenoxy) is 2. The van der Waals surface area contributed by atoms with Gasteiger partial charge >= 0.3 is 12.0 Å². The van der Waals surface area contributed by atoms with E-state index in [1.165, 1.54) is 0 Å². The van der Waals surface area contributed by atoms with Crippen LogP contribution in [0.4, 0.5) is 11.6 Å². The van der Waals surface area contributed by atoms with Crippen molar-refractivity contribution in [3.05, 3.63) is 83.6 Å². The van der Waals surface area contributed by atoms with Crippen LogP contribution in [0.1, 0.15) is 49.3 Å². The number of hydrogen-bond acceptors (Lipinski definition) is 8. The van der Waals surface area contributed by atoms with Crippen LogP contribution in [0.3, 0.4) is 0 Å². The van der Waals surface area contributed by atoms with Gasteiger partial charge < -0.3 is 24.0 Å². The summed E-state index contributed by atoms with van der Waals surface area (Å²) in [5.74, 6) is -0.154. The van der Waals surface area contributed by atoms with Gasteiger partial charge in [-0.05, 0) is 70.4 Å². The molecule has 1 aliphatic heterocycles. The second-order valence-corrected chi connectivity index (χ2v) is 11.8. The maximum atomic E-state index is 12.9. The van der Waals surface area contributed by atoms with E-state index in [-0.39, 0.29) is 6.01 Å². The van der Waals surface area contributed by atoms with Gasteiger partial charge in [0.1, 0.15) is 0 Å². The Balaban J connectivity index is 1.57. The highest BCUT2D eigenvalue weighted by Gasteiger charge is 2.36. The molecular formula is C33H34N6O4. The molecule has 10 heteroatoms. The minimum Gasteiger partial charge on any atom is -0.479 e. The summed E-state index contributed by atoms with van der Waals surface area (Å²) >= 11 is 0. The van der Waals surface area contributed by atoms with Gasteiger partial charge in [0, 0.05) is 42.1 Å². The molecule has 220 valence electrons. The predicted molar refractivity (Wildman–Crippen MR) is 164 cm³/mol. The van der Waals surface area contributed by atoms with Gasteiger partial charge in [0.15, 0.2) is 11.9 Å². The van der Waals surface area contributed by atoms with Crippen LogP contribution < -0.4 is 9.64 Å². The van der Waals surface area contributed by atoms with Crippen molar-refractivity contribution in [1.29, 1.82) is 0 Å². The number of aromatic nitrogens is 5. The Hall–Kier alpha value is -4.83. The third kappa shape index (κ3) is 5.30. The summed E-state index contributed by atoms with van der Waals surface area (Å²) in [5.41, 5.74) is 6.63. The second kappa shape index (κ2) is 10.8. The first-order valence-electron chi connectivity index (χ1n) is 14.2. The Bertz CT molecular complexity index is 1810. The van der Waals surface area contributed by atoms with E-state index >= 15 is 0 Å². The number of carboxylic acid groups (broad SMARTS) is 1. The highest BCUT2D eigenvalue weighted by Crippen LogP contribution is 2.49. The third-order valence-corrected chi connectivity index (χ3v) is 7.55. The third-order valence-electron chi connectivity index (χ3n) is 7.55. The molecule has 1 atom stereocenters. The van der Waals surface area contributed by atoms with Crippen molar-refractivity contribution in [2.75, 3.05) is 11.4 Å². The van der Waals surface area contributed by atoms with E-state index in [0.717, 1.165) is 51.1 Å². The summed E-state index contributed by atoms with van der Waals surface area (Å²) < 4.78 is 14.3. The second-order valence-electron chi connectivity index (χ2n) is 11.8. The monoisotopic (exact) mass is 578 g/mol. The molecule has 6 rings (SSSR count). The maximum Gasteiger partial charge on any atom is 0.337 e. The molecule has 5 aromatic rings. The van der Waals surface area contributed by atoms with Gasteiger partial charge in [-0.2, -0.15) is 0 Å².